The predicted octanol–water partition coefficient (Wildman–Crippen LogP) is 3.99. The van der Waals surface area contributed by atoms with Crippen LogP contribution in [0.25, 0.3) is 0 Å². The van der Waals surface area contributed by atoms with Gasteiger partial charge in [0.15, 0.2) is 0 Å². The summed E-state index contributed by atoms with van der Waals surface area (Å²) in [4.78, 5) is 20.9. The lowest BCUT2D eigenvalue weighted by Crippen LogP contribution is -2.42. The normalized spacial score (nSPS) is 15.5. The molecule has 1 fully saturated rings. The summed E-state index contributed by atoms with van der Waals surface area (Å²) in [5.41, 5.74) is 0.469. The molecule has 0 saturated heterocycles. The smallest absolute Gasteiger partial charge is 0.299 e. The van der Waals surface area contributed by atoms with Crippen molar-refractivity contribution in [3.8, 4) is 0 Å². The number of hydrogen-bond acceptors (Lipinski definition) is 5. The van der Waals surface area contributed by atoms with Gasteiger partial charge in [-0.3, -0.25) is 20.2 Å². The van der Waals surface area contributed by atoms with Crippen LogP contribution in [0.4, 0.5) is 17.1 Å². The van der Waals surface area contributed by atoms with Gasteiger partial charge < -0.3 is 5.32 Å². The van der Waals surface area contributed by atoms with E-state index in [1.54, 1.807) is 0 Å². The molecule has 2 aromatic carbocycles. The molecular weight excluding hydrogens is 298 g/mol. The fraction of sp³-hybridized carbons (Fsp3) is 0.250. The minimum Gasteiger partial charge on any atom is -0.370 e. The first-order chi connectivity index (χ1) is 11.0. The molecule has 7 heteroatoms. The van der Waals surface area contributed by atoms with Crippen molar-refractivity contribution >= 4 is 17.1 Å². The standard InChI is InChI=1S/C16H15N3O4/c20-18(21)13-7-8-14(15(11-13)19(22)23)17-16(9-4-10-16)12-5-2-1-3-6-12/h1-3,5-8,11,17H,4,9-10H2. The van der Waals surface area contributed by atoms with Crippen LogP contribution in [0.1, 0.15) is 24.8 Å². The van der Waals surface area contributed by atoms with Crippen LogP contribution in [0, 0.1) is 20.2 Å². The molecular formula is C16H15N3O4. The fourth-order valence-corrected chi connectivity index (χ4v) is 2.92. The number of nitrogens with zero attached hydrogens (tertiary/aromatic N) is 2. The quantitative estimate of drug-likeness (QED) is 0.664. The monoisotopic (exact) mass is 313 g/mol. The first kappa shape index (κ1) is 15.0. The van der Waals surface area contributed by atoms with E-state index in [2.05, 4.69) is 5.32 Å². The van der Waals surface area contributed by atoms with Crippen LogP contribution < -0.4 is 5.32 Å². The van der Waals surface area contributed by atoms with E-state index in [9.17, 15) is 20.2 Å². The van der Waals surface area contributed by atoms with Crippen molar-refractivity contribution in [3.63, 3.8) is 0 Å². The zero-order valence-corrected chi connectivity index (χ0v) is 12.3. The Labute approximate surface area is 132 Å². The van der Waals surface area contributed by atoms with Gasteiger partial charge in [0, 0.05) is 6.07 Å². The Morgan fingerprint density at radius 3 is 2.17 bits per heavy atom. The van der Waals surface area contributed by atoms with Crippen molar-refractivity contribution in [3.05, 3.63) is 74.3 Å². The minimum absolute atomic E-state index is 0.276. The summed E-state index contributed by atoms with van der Waals surface area (Å²) < 4.78 is 0. The van der Waals surface area contributed by atoms with E-state index < -0.39 is 9.85 Å². The third kappa shape index (κ3) is 2.73. The highest BCUT2D eigenvalue weighted by molar-refractivity contribution is 5.67. The third-order valence-corrected chi connectivity index (χ3v) is 4.30. The summed E-state index contributed by atoms with van der Waals surface area (Å²) in [6, 6.07) is 13.5. The van der Waals surface area contributed by atoms with Gasteiger partial charge in [0.1, 0.15) is 5.69 Å². The van der Waals surface area contributed by atoms with Gasteiger partial charge >= 0.3 is 0 Å². The Kier molecular flexibility index (Phi) is 3.69. The van der Waals surface area contributed by atoms with Gasteiger partial charge in [0.05, 0.1) is 21.5 Å². The number of rotatable bonds is 5. The van der Waals surface area contributed by atoms with Crippen LogP contribution in [0.3, 0.4) is 0 Å². The number of anilines is 1. The van der Waals surface area contributed by atoms with E-state index in [0.29, 0.717) is 5.69 Å². The zero-order valence-electron chi connectivity index (χ0n) is 12.3. The molecule has 118 valence electrons. The molecule has 7 nitrogen and oxygen atoms in total. The summed E-state index contributed by atoms with van der Waals surface area (Å²) in [6.45, 7) is 0. The molecule has 0 heterocycles. The Morgan fingerprint density at radius 2 is 1.65 bits per heavy atom. The average molecular weight is 313 g/mol. The summed E-state index contributed by atoms with van der Waals surface area (Å²) >= 11 is 0. The third-order valence-electron chi connectivity index (χ3n) is 4.30. The molecule has 0 aliphatic heterocycles. The van der Waals surface area contributed by atoms with Crippen LogP contribution in [0.5, 0.6) is 0 Å². The highest BCUT2D eigenvalue weighted by atomic mass is 16.6. The van der Waals surface area contributed by atoms with Gasteiger partial charge in [0.2, 0.25) is 0 Å². The fourth-order valence-electron chi connectivity index (χ4n) is 2.92. The van der Waals surface area contributed by atoms with E-state index in [1.165, 1.54) is 12.1 Å². The molecule has 3 rings (SSSR count). The van der Waals surface area contributed by atoms with Crippen molar-refractivity contribution in [2.45, 2.75) is 24.8 Å². The van der Waals surface area contributed by atoms with E-state index >= 15 is 0 Å². The average Bonchev–Trinajstić information content (AvgIpc) is 2.51. The lowest BCUT2D eigenvalue weighted by Gasteiger charge is -2.43. The maximum Gasteiger partial charge on any atom is 0.299 e. The molecule has 0 bridgehead atoms. The predicted molar refractivity (Wildman–Crippen MR) is 85.3 cm³/mol. The molecule has 0 radical (unpaired) electrons. The van der Waals surface area contributed by atoms with Crippen molar-refractivity contribution in [1.29, 1.82) is 0 Å². The van der Waals surface area contributed by atoms with Crippen LogP contribution in [-0.2, 0) is 5.54 Å². The van der Waals surface area contributed by atoms with Crippen molar-refractivity contribution < 1.29 is 9.85 Å². The highest BCUT2D eigenvalue weighted by Gasteiger charge is 2.40. The molecule has 0 aromatic heterocycles. The van der Waals surface area contributed by atoms with Crippen molar-refractivity contribution in [1.82, 2.24) is 0 Å². The second kappa shape index (κ2) is 5.68. The van der Waals surface area contributed by atoms with Crippen LogP contribution in [0.15, 0.2) is 48.5 Å². The molecule has 0 unspecified atom stereocenters. The second-order valence-electron chi connectivity index (χ2n) is 5.64. The van der Waals surface area contributed by atoms with Crippen molar-refractivity contribution in [2.24, 2.45) is 0 Å². The SMILES string of the molecule is O=[N+]([O-])c1ccc(NC2(c3ccccc3)CCC2)c([N+](=O)[O-])c1. The van der Waals surface area contributed by atoms with Crippen LogP contribution >= 0.6 is 0 Å². The molecule has 1 aliphatic carbocycles. The van der Waals surface area contributed by atoms with Gasteiger partial charge in [-0.15, -0.1) is 0 Å². The van der Waals surface area contributed by atoms with Gasteiger partial charge in [-0.25, -0.2) is 0 Å². The van der Waals surface area contributed by atoms with Crippen molar-refractivity contribution in [2.75, 3.05) is 5.32 Å². The Hall–Kier alpha value is -2.96. The molecule has 0 spiro atoms. The number of benzene rings is 2. The number of nitrogens with one attached hydrogen (secondary N) is 1. The van der Waals surface area contributed by atoms with Gasteiger partial charge in [-0.05, 0) is 30.9 Å². The molecule has 23 heavy (non-hydrogen) atoms. The Balaban J connectivity index is 1.99. The first-order valence-electron chi connectivity index (χ1n) is 7.28. The molecule has 1 N–H and O–H groups in total. The number of nitro benzene ring substituents is 2. The van der Waals surface area contributed by atoms with Crippen LogP contribution in [0.2, 0.25) is 0 Å². The first-order valence-corrected chi connectivity index (χ1v) is 7.28. The zero-order chi connectivity index (χ0) is 16.4. The Morgan fingerprint density at radius 1 is 0.957 bits per heavy atom. The van der Waals surface area contributed by atoms with Gasteiger partial charge in [0.25, 0.3) is 11.4 Å². The van der Waals surface area contributed by atoms with Crippen LogP contribution in [-0.4, -0.2) is 9.85 Å². The van der Waals surface area contributed by atoms with Gasteiger partial charge in [-0.1, -0.05) is 30.3 Å². The highest BCUT2D eigenvalue weighted by Crippen LogP contribution is 2.45. The molecule has 2 aromatic rings. The number of hydrogen-bond donors (Lipinski definition) is 1. The summed E-state index contributed by atoms with van der Waals surface area (Å²) in [7, 11) is 0. The number of nitro groups is 2. The van der Waals surface area contributed by atoms with E-state index in [0.717, 1.165) is 30.9 Å². The molecule has 1 aliphatic rings. The maximum atomic E-state index is 11.3. The molecule has 0 atom stereocenters. The maximum absolute atomic E-state index is 11.3. The molecule has 0 amide bonds. The second-order valence-corrected chi connectivity index (χ2v) is 5.64. The summed E-state index contributed by atoms with van der Waals surface area (Å²) in [5.74, 6) is 0. The molecule has 1 saturated carbocycles. The Bertz CT molecular complexity index is 757. The summed E-state index contributed by atoms with van der Waals surface area (Å²) in [5, 5.41) is 25.4. The van der Waals surface area contributed by atoms with Gasteiger partial charge in [-0.2, -0.15) is 0 Å². The lowest BCUT2D eigenvalue weighted by atomic mass is 9.71. The lowest BCUT2D eigenvalue weighted by molar-refractivity contribution is -0.393. The summed E-state index contributed by atoms with van der Waals surface area (Å²) in [6.07, 6.45) is 2.76. The topological polar surface area (TPSA) is 98.3 Å². The largest absolute Gasteiger partial charge is 0.370 e. The van der Waals surface area contributed by atoms with E-state index in [1.807, 2.05) is 30.3 Å². The number of non-ortho nitro benzene ring substituents is 1. The minimum atomic E-state index is -0.632. The van der Waals surface area contributed by atoms with E-state index in [4.69, 9.17) is 0 Å². The van der Waals surface area contributed by atoms with E-state index in [-0.39, 0.29) is 16.9 Å².